The van der Waals surface area contributed by atoms with E-state index in [4.69, 9.17) is 21.5 Å². The first-order chi connectivity index (χ1) is 5.54. The molecular weight excluding hydrogens is 292 g/mol. The first-order valence-corrected chi connectivity index (χ1v) is 4.45. The summed E-state index contributed by atoms with van der Waals surface area (Å²) in [5, 5.41) is 7.99. The minimum atomic E-state index is -0.833. The minimum absolute atomic E-state index is 0.577. The van der Waals surface area contributed by atoms with Gasteiger partial charge in [0.1, 0.15) is 5.15 Å². The molecule has 66 valence electrons. The Kier molecular flexibility index (Phi) is 6.00. The van der Waals surface area contributed by atoms with Crippen molar-refractivity contribution in [3.8, 4) is 0 Å². The molecule has 1 aromatic rings. The van der Waals surface area contributed by atoms with Crippen molar-refractivity contribution in [2.45, 2.75) is 6.92 Å². The second kappa shape index (κ2) is 6.19. The summed E-state index contributed by atoms with van der Waals surface area (Å²) < 4.78 is 0.992. The second-order valence-corrected chi connectivity index (χ2v) is 3.32. The van der Waals surface area contributed by atoms with Crippen molar-refractivity contribution in [2.75, 3.05) is 0 Å². The van der Waals surface area contributed by atoms with Gasteiger partial charge < -0.3 is 5.11 Å². The molecule has 0 amide bonds. The number of carbonyl (C=O) groups is 1. The Morgan fingerprint density at radius 1 is 1.75 bits per heavy atom. The van der Waals surface area contributed by atoms with Gasteiger partial charge in [-0.05, 0) is 34.7 Å². The monoisotopic (exact) mass is 299 g/mol. The fraction of sp³-hybridized carbons (Fsp3) is 0.143. The summed E-state index contributed by atoms with van der Waals surface area (Å²) in [4.78, 5) is 12.8. The van der Waals surface area contributed by atoms with Crippen LogP contribution in [0.2, 0.25) is 5.15 Å². The van der Waals surface area contributed by atoms with Gasteiger partial charge >= 0.3 is 0 Å². The van der Waals surface area contributed by atoms with Crippen molar-refractivity contribution in [1.29, 1.82) is 0 Å². The molecule has 5 heteroatoms. The lowest BCUT2D eigenvalue weighted by atomic mass is 10.5. The lowest BCUT2D eigenvalue weighted by Gasteiger charge is -1.88. The topological polar surface area (TPSA) is 50.2 Å². The molecule has 0 saturated carbocycles. The molecule has 0 aliphatic rings. The molecule has 1 heterocycles. The number of nitrogens with zero attached hydrogens (tertiary/aromatic N) is 1. The van der Waals surface area contributed by atoms with E-state index in [1.807, 2.05) is 12.1 Å². The number of carboxylic acids is 1. The van der Waals surface area contributed by atoms with Gasteiger partial charge in [-0.15, -0.1) is 0 Å². The normalized spacial score (nSPS) is 8.25. The van der Waals surface area contributed by atoms with Gasteiger partial charge in [0.2, 0.25) is 0 Å². The summed E-state index contributed by atoms with van der Waals surface area (Å²) in [5.74, 6) is -0.833. The highest BCUT2D eigenvalue weighted by atomic mass is 127. The van der Waals surface area contributed by atoms with Crippen LogP contribution in [-0.4, -0.2) is 16.1 Å². The number of carboxylic acid groups (broad SMARTS) is 1. The largest absolute Gasteiger partial charge is 0.481 e. The van der Waals surface area contributed by atoms with E-state index in [1.54, 1.807) is 6.20 Å². The molecule has 0 saturated heterocycles. The van der Waals surface area contributed by atoms with Gasteiger partial charge in [-0.2, -0.15) is 0 Å². The third-order valence-corrected chi connectivity index (χ3v) is 2.20. The van der Waals surface area contributed by atoms with Gasteiger partial charge in [0.05, 0.1) is 3.57 Å². The van der Waals surface area contributed by atoms with Crippen LogP contribution in [-0.2, 0) is 4.79 Å². The van der Waals surface area contributed by atoms with Crippen LogP contribution >= 0.6 is 34.2 Å². The van der Waals surface area contributed by atoms with Gasteiger partial charge in [-0.3, -0.25) is 4.79 Å². The number of halogens is 2. The second-order valence-electron chi connectivity index (χ2n) is 1.80. The third-order valence-electron chi connectivity index (χ3n) is 0.714. The highest BCUT2D eigenvalue weighted by molar-refractivity contribution is 14.1. The number of aliphatic carboxylic acids is 1. The number of pyridine rings is 1. The first-order valence-electron chi connectivity index (χ1n) is 2.99. The first kappa shape index (κ1) is 11.6. The summed E-state index contributed by atoms with van der Waals surface area (Å²) in [6, 6.07) is 3.77. The van der Waals surface area contributed by atoms with Crippen molar-refractivity contribution in [1.82, 2.24) is 4.98 Å². The Morgan fingerprint density at radius 3 is 2.50 bits per heavy atom. The van der Waals surface area contributed by atoms with Crippen molar-refractivity contribution in [2.24, 2.45) is 0 Å². The molecule has 0 bridgehead atoms. The fourth-order valence-electron chi connectivity index (χ4n) is 0.366. The van der Waals surface area contributed by atoms with E-state index in [1.165, 1.54) is 0 Å². The lowest BCUT2D eigenvalue weighted by Crippen LogP contribution is -1.78. The molecule has 0 fully saturated rings. The summed E-state index contributed by atoms with van der Waals surface area (Å²) in [5.41, 5.74) is 0. The zero-order chi connectivity index (χ0) is 9.56. The Morgan fingerprint density at radius 2 is 2.25 bits per heavy atom. The quantitative estimate of drug-likeness (QED) is 0.591. The van der Waals surface area contributed by atoms with Crippen molar-refractivity contribution in [3.63, 3.8) is 0 Å². The van der Waals surface area contributed by atoms with E-state index in [2.05, 4.69) is 27.6 Å². The number of hydrogen-bond acceptors (Lipinski definition) is 2. The highest BCUT2D eigenvalue weighted by Gasteiger charge is 1.90. The van der Waals surface area contributed by atoms with E-state index in [0.29, 0.717) is 5.15 Å². The van der Waals surface area contributed by atoms with Crippen LogP contribution < -0.4 is 0 Å². The average molecular weight is 299 g/mol. The van der Waals surface area contributed by atoms with Crippen LogP contribution in [0, 0.1) is 3.57 Å². The molecular formula is C7H7ClINO2. The van der Waals surface area contributed by atoms with Gasteiger partial charge in [0.15, 0.2) is 0 Å². The number of aromatic nitrogens is 1. The van der Waals surface area contributed by atoms with Crippen LogP contribution in [0.4, 0.5) is 0 Å². The van der Waals surface area contributed by atoms with E-state index < -0.39 is 5.97 Å². The molecule has 0 atom stereocenters. The van der Waals surface area contributed by atoms with Crippen molar-refractivity contribution >= 4 is 40.2 Å². The molecule has 0 radical (unpaired) electrons. The lowest BCUT2D eigenvalue weighted by molar-refractivity contribution is -0.134. The van der Waals surface area contributed by atoms with Crippen LogP contribution in [0.3, 0.4) is 0 Å². The van der Waals surface area contributed by atoms with Crippen molar-refractivity contribution in [3.05, 3.63) is 27.1 Å². The standard InChI is InChI=1S/C5H3ClIN.C2H4O2/c6-5-4(7)2-1-3-8-5;1-2(3)4/h1-3H;1H3,(H,3,4). The molecule has 0 unspecified atom stereocenters. The third kappa shape index (κ3) is 6.36. The fourth-order valence-corrected chi connectivity index (χ4v) is 0.833. The summed E-state index contributed by atoms with van der Waals surface area (Å²) in [6.07, 6.45) is 1.67. The Labute approximate surface area is 88.9 Å². The predicted molar refractivity (Wildman–Crippen MR) is 55.3 cm³/mol. The smallest absolute Gasteiger partial charge is 0.300 e. The summed E-state index contributed by atoms with van der Waals surface area (Å²) in [6.45, 7) is 1.08. The van der Waals surface area contributed by atoms with E-state index in [-0.39, 0.29) is 0 Å². The minimum Gasteiger partial charge on any atom is -0.481 e. The van der Waals surface area contributed by atoms with Gasteiger partial charge in [0.25, 0.3) is 5.97 Å². The zero-order valence-electron chi connectivity index (χ0n) is 6.29. The van der Waals surface area contributed by atoms with Crippen LogP contribution in [0.15, 0.2) is 18.3 Å². The predicted octanol–water partition coefficient (Wildman–Crippen LogP) is 2.43. The van der Waals surface area contributed by atoms with Crippen LogP contribution in [0.1, 0.15) is 6.92 Å². The number of hydrogen-bond donors (Lipinski definition) is 1. The van der Waals surface area contributed by atoms with E-state index >= 15 is 0 Å². The Hall–Kier alpha value is -0.360. The van der Waals surface area contributed by atoms with E-state index in [9.17, 15) is 0 Å². The van der Waals surface area contributed by atoms with Gasteiger partial charge in [0, 0.05) is 13.1 Å². The van der Waals surface area contributed by atoms with E-state index in [0.717, 1.165) is 10.5 Å². The molecule has 0 aliphatic carbocycles. The molecule has 1 rings (SSSR count). The molecule has 3 nitrogen and oxygen atoms in total. The number of rotatable bonds is 0. The van der Waals surface area contributed by atoms with Gasteiger partial charge in [-0.25, -0.2) is 4.98 Å². The molecule has 1 aromatic heterocycles. The SMILES string of the molecule is CC(=O)O.Clc1ncccc1I. The Balaban J connectivity index is 0.000000261. The van der Waals surface area contributed by atoms with Crippen LogP contribution in [0.25, 0.3) is 0 Å². The van der Waals surface area contributed by atoms with Crippen molar-refractivity contribution < 1.29 is 9.90 Å². The zero-order valence-corrected chi connectivity index (χ0v) is 9.20. The van der Waals surface area contributed by atoms with Crippen LogP contribution in [0.5, 0.6) is 0 Å². The molecule has 12 heavy (non-hydrogen) atoms. The maximum absolute atomic E-state index is 9.00. The Bertz CT molecular complexity index is 242. The molecule has 0 aromatic carbocycles. The molecule has 0 aliphatic heterocycles. The maximum atomic E-state index is 9.00. The maximum Gasteiger partial charge on any atom is 0.300 e. The average Bonchev–Trinajstić information content (AvgIpc) is 1.94. The molecule has 0 spiro atoms. The summed E-state index contributed by atoms with van der Waals surface area (Å²) in [7, 11) is 0. The molecule has 1 N–H and O–H groups in total. The summed E-state index contributed by atoms with van der Waals surface area (Å²) >= 11 is 7.72. The van der Waals surface area contributed by atoms with Gasteiger partial charge in [-0.1, -0.05) is 11.6 Å². The highest BCUT2D eigenvalue weighted by Crippen LogP contribution is 2.12.